The number of hydrogen-bond donors (Lipinski definition) is 1. The van der Waals surface area contributed by atoms with Crippen LogP contribution in [0, 0.1) is 5.92 Å². The van der Waals surface area contributed by atoms with Crippen LogP contribution in [0.2, 0.25) is 0 Å². The molecule has 2 amide bonds. The van der Waals surface area contributed by atoms with Crippen molar-refractivity contribution in [3.63, 3.8) is 0 Å². The number of nitrogens with one attached hydrogen (secondary N) is 1. The largest absolute Gasteiger partial charge is 0.354 e. The molecule has 0 saturated carbocycles. The van der Waals surface area contributed by atoms with Crippen molar-refractivity contribution in [1.29, 1.82) is 0 Å². The minimum Gasteiger partial charge on any atom is -0.354 e. The molecule has 1 atom stereocenters. The number of anilines is 1. The second-order valence-electron chi connectivity index (χ2n) is 10.9. The molecule has 3 rings (SSSR count). The summed E-state index contributed by atoms with van der Waals surface area (Å²) in [5, 5.41) is 2.99. The van der Waals surface area contributed by atoms with Gasteiger partial charge in [-0.25, -0.2) is 8.42 Å². The van der Waals surface area contributed by atoms with Gasteiger partial charge < -0.3 is 10.2 Å². The Kier molecular flexibility index (Phi) is 10.9. The third-order valence-electron chi connectivity index (χ3n) is 6.68. The van der Waals surface area contributed by atoms with Crippen LogP contribution in [-0.4, -0.2) is 50.5 Å². The van der Waals surface area contributed by atoms with Crippen LogP contribution in [0.1, 0.15) is 50.3 Å². The van der Waals surface area contributed by atoms with Gasteiger partial charge in [0, 0.05) is 19.5 Å². The standard InChI is InChI=1S/C32H41N3O4S/c1-24(2)21-33-32(37)30(20-26-12-8-6-9-13-26)34(22-27-14-10-7-11-15-27)31(36)23-35(40(5,38)39)29-18-16-28(17-19-29)25(3)4/h6-19,24-25,30H,20-23H2,1-5H3,(H,33,37). The van der Waals surface area contributed by atoms with Crippen LogP contribution in [0.15, 0.2) is 84.9 Å². The normalized spacial score (nSPS) is 12.3. The molecule has 0 bridgehead atoms. The molecule has 0 heterocycles. The molecule has 1 unspecified atom stereocenters. The van der Waals surface area contributed by atoms with E-state index in [1.165, 1.54) is 4.90 Å². The maximum Gasteiger partial charge on any atom is 0.244 e. The number of sulfonamides is 1. The zero-order chi connectivity index (χ0) is 29.3. The van der Waals surface area contributed by atoms with Gasteiger partial charge >= 0.3 is 0 Å². The van der Waals surface area contributed by atoms with E-state index in [9.17, 15) is 18.0 Å². The smallest absolute Gasteiger partial charge is 0.244 e. The highest BCUT2D eigenvalue weighted by Gasteiger charge is 2.33. The van der Waals surface area contributed by atoms with E-state index in [1.807, 2.05) is 86.6 Å². The quantitative estimate of drug-likeness (QED) is 0.318. The molecule has 0 spiro atoms. The van der Waals surface area contributed by atoms with Gasteiger partial charge in [0.05, 0.1) is 11.9 Å². The van der Waals surface area contributed by atoms with Gasteiger partial charge in [-0.2, -0.15) is 0 Å². The Morgan fingerprint density at radius 2 is 1.35 bits per heavy atom. The van der Waals surface area contributed by atoms with Crippen LogP contribution in [0.25, 0.3) is 0 Å². The summed E-state index contributed by atoms with van der Waals surface area (Å²) < 4.78 is 26.9. The molecule has 3 aromatic carbocycles. The Bertz CT molecular complexity index is 1340. The number of benzene rings is 3. The summed E-state index contributed by atoms with van der Waals surface area (Å²) in [7, 11) is -3.79. The van der Waals surface area contributed by atoms with Crippen molar-refractivity contribution in [3.05, 3.63) is 102 Å². The van der Waals surface area contributed by atoms with Crippen molar-refractivity contribution in [1.82, 2.24) is 10.2 Å². The summed E-state index contributed by atoms with van der Waals surface area (Å²) in [5.41, 5.74) is 3.22. The molecular formula is C32H41N3O4S. The molecule has 1 N–H and O–H groups in total. The Morgan fingerprint density at radius 3 is 1.85 bits per heavy atom. The minimum atomic E-state index is -3.79. The highest BCUT2D eigenvalue weighted by molar-refractivity contribution is 7.92. The highest BCUT2D eigenvalue weighted by Crippen LogP contribution is 2.23. The summed E-state index contributed by atoms with van der Waals surface area (Å²) in [6, 6.07) is 25.3. The van der Waals surface area contributed by atoms with E-state index < -0.39 is 28.5 Å². The van der Waals surface area contributed by atoms with Gasteiger partial charge in [0.15, 0.2) is 0 Å². The maximum atomic E-state index is 14.1. The topological polar surface area (TPSA) is 86.8 Å². The predicted molar refractivity (Wildman–Crippen MR) is 161 cm³/mol. The summed E-state index contributed by atoms with van der Waals surface area (Å²) in [4.78, 5) is 29.2. The molecule has 40 heavy (non-hydrogen) atoms. The average molecular weight is 564 g/mol. The van der Waals surface area contributed by atoms with Crippen molar-refractivity contribution < 1.29 is 18.0 Å². The van der Waals surface area contributed by atoms with Crippen molar-refractivity contribution in [2.24, 2.45) is 5.92 Å². The van der Waals surface area contributed by atoms with Gasteiger partial charge in [0.2, 0.25) is 21.8 Å². The average Bonchev–Trinajstić information content (AvgIpc) is 2.92. The first-order valence-electron chi connectivity index (χ1n) is 13.7. The molecule has 214 valence electrons. The van der Waals surface area contributed by atoms with Crippen molar-refractivity contribution >= 4 is 27.5 Å². The SMILES string of the molecule is CC(C)CNC(=O)C(Cc1ccccc1)N(Cc1ccccc1)C(=O)CN(c1ccc(C(C)C)cc1)S(C)(=O)=O. The molecule has 0 aromatic heterocycles. The molecule has 0 aliphatic rings. The molecule has 0 aliphatic heterocycles. The van der Waals surface area contributed by atoms with Crippen LogP contribution < -0.4 is 9.62 Å². The highest BCUT2D eigenvalue weighted by atomic mass is 32.2. The fraction of sp³-hybridized carbons (Fsp3) is 0.375. The Balaban J connectivity index is 2.01. The maximum absolute atomic E-state index is 14.1. The van der Waals surface area contributed by atoms with Crippen LogP contribution in [-0.2, 0) is 32.6 Å². The first-order chi connectivity index (χ1) is 19.0. The number of rotatable bonds is 13. The summed E-state index contributed by atoms with van der Waals surface area (Å²) in [5.74, 6) is -0.210. The van der Waals surface area contributed by atoms with Crippen LogP contribution in [0.3, 0.4) is 0 Å². The van der Waals surface area contributed by atoms with Crippen LogP contribution in [0.4, 0.5) is 5.69 Å². The molecule has 0 saturated heterocycles. The zero-order valence-electron chi connectivity index (χ0n) is 24.1. The van der Waals surface area contributed by atoms with Gasteiger partial charge in [-0.15, -0.1) is 0 Å². The second kappa shape index (κ2) is 14.1. The lowest BCUT2D eigenvalue weighted by molar-refractivity contribution is -0.140. The predicted octanol–water partition coefficient (Wildman–Crippen LogP) is 4.99. The van der Waals surface area contributed by atoms with E-state index in [0.29, 0.717) is 18.7 Å². The third kappa shape index (κ3) is 8.95. The number of carbonyl (C=O) groups is 2. The molecule has 0 aliphatic carbocycles. The van der Waals surface area contributed by atoms with Gasteiger partial charge in [0.1, 0.15) is 12.6 Å². The van der Waals surface area contributed by atoms with Crippen LogP contribution >= 0.6 is 0 Å². The summed E-state index contributed by atoms with van der Waals surface area (Å²) >= 11 is 0. The first-order valence-corrected chi connectivity index (χ1v) is 15.5. The summed E-state index contributed by atoms with van der Waals surface area (Å²) in [6.45, 7) is 8.35. The minimum absolute atomic E-state index is 0.163. The molecule has 8 heteroatoms. The van der Waals surface area contributed by atoms with E-state index in [0.717, 1.165) is 27.3 Å². The van der Waals surface area contributed by atoms with E-state index in [-0.39, 0.29) is 24.3 Å². The Morgan fingerprint density at radius 1 is 0.800 bits per heavy atom. The lowest BCUT2D eigenvalue weighted by Crippen LogP contribution is -2.53. The van der Waals surface area contributed by atoms with Gasteiger partial charge in [0.25, 0.3) is 0 Å². The molecule has 0 fully saturated rings. The summed E-state index contributed by atoms with van der Waals surface area (Å²) in [6.07, 6.45) is 1.39. The van der Waals surface area contributed by atoms with E-state index in [1.54, 1.807) is 12.1 Å². The lowest BCUT2D eigenvalue weighted by atomic mass is 10.0. The third-order valence-corrected chi connectivity index (χ3v) is 7.82. The van der Waals surface area contributed by atoms with Crippen molar-refractivity contribution in [2.45, 2.75) is 52.6 Å². The van der Waals surface area contributed by atoms with E-state index in [4.69, 9.17) is 0 Å². The molecular weight excluding hydrogens is 522 g/mol. The van der Waals surface area contributed by atoms with Crippen molar-refractivity contribution in [3.8, 4) is 0 Å². The monoisotopic (exact) mass is 563 g/mol. The first kappa shape index (κ1) is 30.9. The molecule has 0 radical (unpaired) electrons. The fourth-order valence-corrected chi connectivity index (χ4v) is 5.25. The fourth-order valence-electron chi connectivity index (χ4n) is 4.40. The number of nitrogens with zero attached hydrogens (tertiary/aromatic N) is 2. The second-order valence-corrected chi connectivity index (χ2v) is 12.8. The number of amides is 2. The van der Waals surface area contributed by atoms with Gasteiger partial charge in [-0.05, 0) is 40.7 Å². The van der Waals surface area contributed by atoms with Gasteiger partial charge in [-0.3, -0.25) is 13.9 Å². The van der Waals surface area contributed by atoms with Crippen molar-refractivity contribution in [2.75, 3.05) is 23.7 Å². The Labute approximate surface area is 239 Å². The molecule has 3 aromatic rings. The van der Waals surface area contributed by atoms with E-state index >= 15 is 0 Å². The zero-order valence-corrected chi connectivity index (χ0v) is 24.9. The lowest BCUT2D eigenvalue weighted by Gasteiger charge is -2.33. The molecule has 7 nitrogen and oxygen atoms in total. The van der Waals surface area contributed by atoms with E-state index in [2.05, 4.69) is 19.2 Å². The number of hydrogen-bond acceptors (Lipinski definition) is 4. The van der Waals surface area contributed by atoms with Gasteiger partial charge in [-0.1, -0.05) is 100 Å². The number of carbonyl (C=O) groups excluding carboxylic acids is 2. The Hall–Kier alpha value is -3.65. The van der Waals surface area contributed by atoms with Crippen LogP contribution in [0.5, 0.6) is 0 Å².